The van der Waals surface area contributed by atoms with Crippen LogP contribution < -0.4 is 10.1 Å². The highest BCUT2D eigenvalue weighted by molar-refractivity contribution is 5.95. The number of piperidine rings is 1. The maximum Gasteiger partial charge on any atom is 0.303 e. The molecule has 0 spiro atoms. The average Bonchev–Trinajstić information content (AvgIpc) is 2.74. The molecule has 2 unspecified atom stereocenters. The van der Waals surface area contributed by atoms with Crippen molar-refractivity contribution in [1.82, 2.24) is 4.90 Å². The number of carbonyl (C=O) groups excluding carboxylic acids is 1. The molecule has 1 heterocycles. The Balaban J connectivity index is 1.62. The number of hydrogen-bond acceptors (Lipinski definition) is 4. The predicted molar refractivity (Wildman–Crippen MR) is 112 cm³/mol. The summed E-state index contributed by atoms with van der Waals surface area (Å²) in [4.78, 5) is 25.9. The quantitative estimate of drug-likeness (QED) is 0.692. The summed E-state index contributed by atoms with van der Waals surface area (Å²) >= 11 is 0. The van der Waals surface area contributed by atoms with Crippen molar-refractivity contribution in [3.63, 3.8) is 0 Å². The fraction of sp³-hybridized carbons (Fsp3) is 0.391. The van der Waals surface area contributed by atoms with Gasteiger partial charge < -0.3 is 15.2 Å². The van der Waals surface area contributed by atoms with E-state index in [1.54, 1.807) is 0 Å². The second-order valence-corrected chi connectivity index (χ2v) is 7.51. The number of carboxylic acid groups (broad SMARTS) is 1. The highest BCUT2D eigenvalue weighted by atomic mass is 16.5. The van der Waals surface area contributed by atoms with Gasteiger partial charge in [0.2, 0.25) is 5.91 Å². The highest BCUT2D eigenvalue weighted by Gasteiger charge is 2.28. The van der Waals surface area contributed by atoms with Crippen LogP contribution in [0.25, 0.3) is 0 Å². The van der Waals surface area contributed by atoms with E-state index in [2.05, 4.69) is 10.2 Å². The zero-order valence-corrected chi connectivity index (χ0v) is 16.7. The van der Waals surface area contributed by atoms with Crippen LogP contribution in [0.4, 0.5) is 5.69 Å². The maximum absolute atomic E-state index is 12.9. The first kappa shape index (κ1) is 20.9. The molecule has 2 N–H and O–H groups in total. The lowest BCUT2D eigenvalue weighted by Crippen LogP contribution is -2.47. The molecule has 1 fully saturated rings. The number of benzene rings is 2. The van der Waals surface area contributed by atoms with Crippen LogP contribution in [0.15, 0.2) is 54.6 Å². The predicted octanol–water partition coefficient (Wildman–Crippen LogP) is 4.38. The van der Waals surface area contributed by atoms with Gasteiger partial charge in [0, 0.05) is 13.0 Å². The van der Waals surface area contributed by atoms with Gasteiger partial charge in [-0.3, -0.25) is 14.5 Å². The van der Waals surface area contributed by atoms with Gasteiger partial charge in [-0.2, -0.15) is 0 Å². The van der Waals surface area contributed by atoms with Crippen molar-refractivity contribution in [2.75, 3.05) is 18.4 Å². The van der Waals surface area contributed by atoms with Crippen LogP contribution in [-0.4, -0.2) is 41.0 Å². The molecule has 2 aromatic rings. The number of rotatable bonds is 8. The van der Waals surface area contributed by atoms with Crippen molar-refractivity contribution in [2.45, 2.75) is 38.6 Å². The normalized spacial score (nSPS) is 18.0. The molecule has 3 rings (SSSR count). The molecule has 29 heavy (non-hydrogen) atoms. The third kappa shape index (κ3) is 6.06. The van der Waals surface area contributed by atoms with Gasteiger partial charge in [-0.05, 0) is 62.9 Å². The molecule has 0 aliphatic carbocycles. The monoisotopic (exact) mass is 396 g/mol. The van der Waals surface area contributed by atoms with E-state index in [4.69, 9.17) is 9.84 Å². The molecule has 6 heteroatoms. The molecule has 2 aromatic carbocycles. The Hall–Kier alpha value is -2.86. The molecule has 154 valence electrons. The van der Waals surface area contributed by atoms with Gasteiger partial charge >= 0.3 is 5.97 Å². The average molecular weight is 396 g/mol. The number of nitrogens with zero attached hydrogens (tertiary/aromatic N) is 1. The van der Waals surface area contributed by atoms with Gasteiger partial charge in [0.15, 0.2) is 5.75 Å². The van der Waals surface area contributed by atoms with E-state index in [1.165, 1.54) is 0 Å². The molecular weight excluding hydrogens is 368 g/mol. The summed E-state index contributed by atoms with van der Waals surface area (Å²) in [6, 6.07) is 16.5. The highest BCUT2D eigenvalue weighted by Crippen LogP contribution is 2.30. The molecule has 1 saturated heterocycles. The van der Waals surface area contributed by atoms with Crippen molar-refractivity contribution in [1.29, 1.82) is 0 Å². The number of anilines is 1. The molecule has 2 atom stereocenters. The zero-order valence-electron chi connectivity index (χ0n) is 16.7. The van der Waals surface area contributed by atoms with Crippen molar-refractivity contribution >= 4 is 17.6 Å². The Kier molecular flexibility index (Phi) is 7.25. The SMILES string of the molecule is CC(C(=O)Nc1ccccc1Oc1ccccc1)N1CCCC(CCC(=O)O)C1. The third-order valence-corrected chi connectivity index (χ3v) is 5.36. The third-order valence-electron chi connectivity index (χ3n) is 5.36. The number of carboxylic acids is 1. The minimum Gasteiger partial charge on any atom is -0.481 e. The standard InChI is InChI=1S/C23H28N2O4/c1-17(25-15-7-8-18(16-25)13-14-22(26)27)23(28)24-20-11-5-6-12-21(20)29-19-9-3-2-4-10-19/h2-6,9-12,17-18H,7-8,13-16H2,1H3,(H,24,28)(H,26,27). The van der Waals surface area contributed by atoms with Crippen LogP contribution in [0.5, 0.6) is 11.5 Å². The van der Waals surface area contributed by atoms with Crippen LogP contribution in [0.2, 0.25) is 0 Å². The first-order chi connectivity index (χ1) is 14.0. The second-order valence-electron chi connectivity index (χ2n) is 7.51. The molecule has 1 amide bonds. The Bertz CT molecular complexity index is 825. The molecule has 6 nitrogen and oxygen atoms in total. The van der Waals surface area contributed by atoms with E-state index in [1.807, 2.05) is 61.5 Å². The Morgan fingerprint density at radius 1 is 1.17 bits per heavy atom. The van der Waals surface area contributed by atoms with Crippen LogP contribution >= 0.6 is 0 Å². The van der Waals surface area contributed by atoms with Gasteiger partial charge in [0.05, 0.1) is 11.7 Å². The molecule has 0 aromatic heterocycles. The minimum absolute atomic E-state index is 0.0898. The summed E-state index contributed by atoms with van der Waals surface area (Å²) in [5.41, 5.74) is 0.632. The Morgan fingerprint density at radius 2 is 1.90 bits per heavy atom. The summed E-state index contributed by atoms with van der Waals surface area (Å²) in [6.45, 7) is 3.50. The molecule has 1 aliphatic heterocycles. The number of ether oxygens (including phenoxy) is 1. The van der Waals surface area contributed by atoms with Crippen molar-refractivity contribution in [2.24, 2.45) is 5.92 Å². The van der Waals surface area contributed by atoms with Crippen LogP contribution in [0, 0.1) is 5.92 Å². The summed E-state index contributed by atoms with van der Waals surface area (Å²) in [7, 11) is 0. The first-order valence-corrected chi connectivity index (χ1v) is 10.1. The van der Waals surface area contributed by atoms with E-state index < -0.39 is 5.97 Å². The van der Waals surface area contributed by atoms with E-state index in [-0.39, 0.29) is 18.4 Å². The summed E-state index contributed by atoms with van der Waals surface area (Å²) in [6.07, 6.45) is 2.85. The molecule has 0 saturated carbocycles. The first-order valence-electron chi connectivity index (χ1n) is 10.1. The molecule has 0 bridgehead atoms. The van der Waals surface area contributed by atoms with Crippen LogP contribution in [0.1, 0.15) is 32.6 Å². The fourth-order valence-electron chi connectivity index (χ4n) is 3.69. The minimum atomic E-state index is -0.761. The number of amides is 1. The molecule has 0 radical (unpaired) electrons. The van der Waals surface area contributed by atoms with Crippen LogP contribution in [0.3, 0.4) is 0 Å². The summed E-state index contributed by atoms with van der Waals surface area (Å²) < 4.78 is 5.92. The smallest absolute Gasteiger partial charge is 0.303 e. The number of nitrogens with one attached hydrogen (secondary N) is 1. The number of likely N-dealkylation sites (tertiary alicyclic amines) is 1. The number of para-hydroxylation sites is 3. The lowest BCUT2D eigenvalue weighted by Gasteiger charge is -2.36. The van der Waals surface area contributed by atoms with Crippen molar-refractivity contribution < 1.29 is 19.4 Å². The fourth-order valence-corrected chi connectivity index (χ4v) is 3.69. The van der Waals surface area contributed by atoms with E-state index in [0.717, 1.165) is 25.9 Å². The van der Waals surface area contributed by atoms with E-state index in [0.29, 0.717) is 29.5 Å². The Labute approximate surface area is 171 Å². The van der Waals surface area contributed by atoms with Crippen molar-refractivity contribution in [3.8, 4) is 11.5 Å². The number of aliphatic carboxylic acids is 1. The topological polar surface area (TPSA) is 78.9 Å². The number of carbonyl (C=O) groups is 2. The van der Waals surface area contributed by atoms with E-state index in [9.17, 15) is 9.59 Å². The summed E-state index contributed by atoms with van der Waals surface area (Å²) in [5, 5.41) is 11.9. The maximum atomic E-state index is 12.9. The van der Waals surface area contributed by atoms with Crippen molar-refractivity contribution in [3.05, 3.63) is 54.6 Å². The van der Waals surface area contributed by atoms with Gasteiger partial charge in [-0.25, -0.2) is 0 Å². The Morgan fingerprint density at radius 3 is 2.66 bits per heavy atom. The summed E-state index contributed by atoms with van der Waals surface area (Å²) in [5.74, 6) is 0.775. The lowest BCUT2D eigenvalue weighted by molar-refractivity contribution is -0.137. The number of hydrogen-bond donors (Lipinski definition) is 2. The van der Waals surface area contributed by atoms with E-state index >= 15 is 0 Å². The van der Waals surface area contributed by atoms with Gasteiger partial charge in [-0.15, -0.1) is 0 Å². The van der Waals surface area contributed by atoms with Gasteiger partial charge in [0.1, 0.15) is 5.75 Å². The largest absolute Gasteiger partial charge is 0.481 e. The molecular formula is C23H28N2O4. The second kappa shape index (κ2) is 10.1. The van der Waals surface area contributed by atoms with Gasteiger partial charge in [0.25, 0.3) is 0 Å². The van der Waals surface area contributed by atoms with Gasteiger partial charge in [-0.1, -0.05) is 30.3 Å². The zero-order chi connectivity index (χ0) is 20.6. The van der Waals surface area contributed by atoms with Crippen LogP contribution in [-0.2, 0) is 9.59 Å². The lowest BCUT2D eigenvalue weighted by atomic mass is 9.92. The molecule has 1 aliphatic rings.